The first-order chi connectivity index (χ1) is 10.1. The van der Waals surface area contributed by atoms with E-state index in [4.69, 9.17) is 12.2 Å². The molecule has 0 unspecified atom stereocenters. The first-order valence-corrected chi connectivity index (χ1v) is 8.16. The van der Waals surface area contributed by atoms with Crippen molar-refractivity contribution in [3.63, 3.8) is 0 Å². The number of ketones is 1. The zero-order chi connectivity index (χ0) is 15.2. The van der Waals surface area contributed by atoms with Crippen molar-refractivity contribution in [3.05, 3.63) is 35.4 Å². The number of thiocarbonyl (C=S) groups is 1. The van der Waals surface area contributed by atoms with Crippen molar-refractivity contribution < 1.29 is 4.79 Å². The van der Waals surface area contributed by atoms with E-state index in [2.05, 4.69) is 17.1 Å². The predicted molar refractivity (Wildman–Crippen MR) is 90.7 cm³/mol. The second-order valence-electron chi connectivity index (χ2n) is 5.72. The Morgan fingerprint density at radius 1 is 1.29 bits per heavy atom. The number of aryl methyl sites for hydroxylation is 1. The normalized spacial score (nSPS) is 15.8. The summed E-state index contributed by atoms with van der Waals surface area (Å²) in [6, 6.07) is 7.90. The zero-order valence-corrected chi connectivity index (χ0v) is 13.7. The summed E-state index contributed by atoms with van der Waals surface area (Å²) in [5, 5.41) is 4.09. The van der Waals surface area contributed by atoms with Gasteiger partial charge in [0.2, 0.25) is 0 Å². The Hall–Kier alpha value is -1.42. The van der Waals surface area contributed by atoms with Gasteiger partial charge in [-0.15, -0.1) is 0 Å². The number of nitrogens with zero attached hydrogens (tertiary/aromatic N) is 1. The van der Waals surface area contributed by atoms with Gasteiger partial charge < -0.3 is 10.2 Å². The summed E-state index contributed by atoms with van der Waals surface area (Å²) >= 11 is 5.38. The van der Waals surface area contributed by atoms with E-state index in [1.54, 1.807) is 0 Å². The summed E-state index contributed by atoms with van der Waals surface area (Å²) in [7, 11) is 0. The van der Waals surface area contributed by atoms with Crippen LogP contribution in [0.1, 0.15) is 42.1 Å². The molecule has 1 aromatic carbocycles. The molecule has 2 rings (SSSR count). The third-order valence-corrected chi connectivity index (χ3v) is 4.42. The van der Waals surface area contributed by atoms with E-state index in [0.29, 0.717) is 0 Å². The Kier molecular flexibility index (Phi) is 5.74. The van der Waals surface area contributed by atoms with Gasteiger partial charge in [0.1, 0.15) is 0 Å². The van der Waals surface area contributed by atoms with E-state index in [1.807, 2.05) is 31.2 Å². The standard InChI is InChI=1S/C17H24N2OS/c1-3-10-18-17(21)19-11-8-15(9-12-19)16(20)14-6-4-13(2)5-7-14/h4-7,15H,3,8-12H2,1-2H3,(H,18,21). The van der Waals surface area contributed by atoms with Crippen molar-refractivity contribution in [2.45, 2.75) is 33.1 Å². The number of rotatable bonds is 4. The van der Waals surface area contributed by atoms with Gasteiger partial charge in [0, 0.05) is 31.1 Å². The van der Waals surface area contributed by atoms with Crippen LogP contribution in [0, 0.1) is 12.8 Å². The first kappa shape index (κ1) is 16.0. The van der Waals surface area contributed by atoms with Gasteiger partial charge in [-0.2, -0.15) is 0 Å². The minimum absolute atomic E-state index is 0.137. The maximum absolute atomic E-state index is 12.5. The second kappa shape index (κ2) is 7.55. The summed E-state index contributed by atoms with van der Waals surface area (Å²) in [5.74, 6) is 0.417. The zero-order valence-electron chi connectivity index (χ0n) is 12.9. The van der Waals surface area contributed by atoms with Crippen LogP contribution in [0.3, 0.4) is 0 Å². The second-order valence-corrected chi connectivity index (χ2v) is 6.11. The summed E-state index contributed by atoms with van der Waals surface area (Å²) in [6.07, 6.45) is 2.85. The summed E-state index contributed by atoms with van der Waals surface area (Å²) in [6.45, 7) is 6.83. The molecule has 0 radical (unpaired) electrons. The lowest BCUT2D eigenvalue weighted by molar-refractivity contribution is 0.0872. The van der Waals surface area contributed by atoms with Gasteiger partial charge in [-0.1, -0.05) is 36.8 Å². The molecule has 3 nitrogen and oxygen atoms in total. The van der Waals surface area contributed by atoms with Crippen LogP contribution in [0.5, 0.6) is 0 Å². The number of carbonyl (C=O) groups excluding carboxylic acids is 1. The minimum Gasteiger partial charge on any atom is -0.363 e. The lowest BCUT2D eigenvalue weighted by atomic mass is 9.89. The number of carbonyl (C=O) groups is 1. The number of likely N-dealkylation sites (tertiary alicyclic amines) is 1. The molecule has 1 saturated heterocycles. The van der Waals surface area contributed by atoms with E-state index in [0.717, 1.165) is 49.6 Å². The Labute approximate surface area is 132 Å². The SMILES string of the molecule is CCCNC(=S)N1CCC(C(=O)c2ccc(C)cc2)CC1. The maximum Gasteiger partial charge on any atom is 0.168 e. The van der Waals surface area contributed by atoms with Crippen LogP contribution < -0.4 is 5.32 Å². The highest BCUT2D eigenvalue weighted by molar-refractivity contribution is 7.80. The quantitative estimate of drug-likeness (QED) is 0.684. The van der Waals surface area contributed by atoms with Gasteiger partial charge in [-0.05, 0) is 38.4 Å². The fourth-order valence-electron chi connectivity index (χ4n) is 2.64. The van der Waals surface area contributed by atoms with Gasteiger partial charge in [-0.3, -0.25) is 4.79 Å². The average molecular weight is 304 g/mol. The third kappa shape index (κ3) is 4.27. The fraction of sp³-hybridized carbons (Fsp3) is 0.529. The number of hydrogen-bond donors (Lipinski definition) is 1. The smallest absolute Gasteiger partial charge is 0.168 e. The van der Waals surface area contributed by atoms with Gasteiger partial charge in [-0.25, -0.2) is 0 Å². The molecular formula is C17H24N2OS. The number of piperidine rings is 1. The Morgan fingerprint density at radius 2 is 1.90 bits per heavy atom. The van der Waals surface area contributed by atoms with Crippen LogP contribution in [0.2, 0.25) is 0 Å². The molecule has 1 fully saturated rings. The molecule has 0 spiro atoms. The van der Waals surface area contributed by atoms with Crippen molar-refractivity contribution >= 4 is 23.1 Å². The van der Waals surface area contributed by atoms with Crippen LogP contribution >= 0.6 is 12.2 Å². The van der Waals surface area contributed by atoms with Crippen molar-refractivity contribution in [2.75, 3.05) is 19.6 Å². The van der Waals surface area contributed by atoms with Crippen molar-refractivity contribution in [1.82, 2.24) is 10.2 Å². The molecule has 114 valence electrons. The van der Waals surface area contributed by atoms with E-state index in [1.165, 1.54) is 5.56 Å². The molecule has 0 amide bonds. The van der Waals surface area contributed by atoms with Crippen LogP contribution in [-0.2, 0) is 0 Å². The Morgan fingerprint density at radius 3 is 2.48 bits per heavy atom. The van der Waals surface area contributed by atoms with Crippen molar-refractivity contribution in [3.8, 4) is 0 Å². The molecule has 1 N–H and O–H groups in total. The number of Topliss-reactive ketones (excluding diaryl/α,β-unsaturated/α-hetero) is 1. The third-order valence-electron chi connectivity index (χ3n) is 4.02. The maximum atomic E-state index is 12.5. The van der Waals surface area contributed by atoms with E-state index in [9.17, 15) is 4.79 Å². The monoisotopic (exact) mass is 304 g/mol. The minimum atomic E-state index is 0.137. The van der Waals surface area contributed by atoms with Crippen LogP contribution in [0.25, 0.3) is 0 Å². The topological polar surface area (TPSA) is 32.3 Å². The molecule has 1 heterocycles. The van der Waals surface area contributed by atoms with Gasteiger partial charge in [0.15, 0.2) is 10.9 Å². The average Bonchev–Trinajstić information content (AvgIpc) is 2.53. The number of hydrogen-bond acceptors (Lipinski definition) is 2. The van der Waals surface area contributed by atoms with E-state index < -0.39 is 0 Å². The number of nitrogens with one attached hydrogen (secondary N) is 1. The number of benzene rings is 1. The molecule has 4 heteroatoms. The van der Waals surface area contributed by atoms with Crippen molar-refractivity contribution in [1.29, 1.82) is 0 Å². The van der Waals surface area contributed by atoms with E-state index in [-0.39, 0.29) is 11.7 Å². The summed E-state index contributed by atoms with van der Waals surface area (Å²) < 4.78 is 0. The molecule has 0 aliphatic carbocycles. The lowest BCUT2D eigenvalue weighted by Crippen LogP contribution is -2.45. The highest BCUT2D eigenvalue weighted by Gasteiger charge is 2.26. The summed E-state index contributed by atoms with van der Waals surface area (Å²) in [5.41, 5.74) is 2.03. The van der Waals surface area contributed by atoms with Crippen LogP contribution in [-0.4, -0.2) is 35.4 Å². The molecule has 0 atom stereocenters. The molecule has 0 bridgehead atoms. The lowest BCUT2D eigenvalue weighted by Gasteiger charge is -2.33. The largest absolute Gasteiger partial charge is 0.363 e. The molecular weight excluding hydrogens is 280 g/mol. The van der Waals surface area contributed by atoms with Crippen molar-refractivity contribution in [2.24, 2.45) is 5.92 Å². The molecule has 21 heavy (non-hydrogen) atoms. The molecule has 0 aromatic heterocycles. The fourth-order valence-corrected chi connectivity index (χ4v) is 2.93. The van der Waals surface area contributed by atoms with Crippen LogP contribution in [0.4, 0.5) is 0 Å². The van der Waals surface area contributed by atoms with E-state index >= 15 is 0 Å². The molecule has 1 aliphatic heterocycles. The first-order valence-electron chi connectivity index (χ1n) is 7.75. The molecule has 0 saturated carbocycles. The predicted octanol–water partition coefficient (Wildman–Crippen LogP) is 3.17. The van der Waals surface area contributed by atoms with Gasteiger partial charge in [0.25, 0.3) is 0 Å². The Balaban J connectivity index is 1.87. The highest BCUT2D eigenvalue weighted by atomic mass is 32.1. The van der Waals surface area contributed by atoms with Crippen LogP contribution in [0.15, 0.2) is 24.3 Å². The van der Waals surface area contributed by atoms with Gasteiger partial charge >= 0.3 is 0 Å². The van der Waals surface area contributed by atoms with Gasteiger partial charge in [0.05, 0.1) is 0 Å². The molecule has 1 aromatic rings. The Bertz CT molecular complexity index is 490. The highest BCUT2D eigenvalue weighted by Crippen LogP contribution is 2.22. The summed E-state index contributed by atoms with van der Waals surface area (Å²) in [4.78, 5) is 14.7. The molecule has 1 aliphatic rings.